The van der Waals surface area contributed by atoms with Gasteiger partial charge in [0.15, 0.2) is 0 Å². The molecule has 0 heterocycles. The maximum absolute atomic E-state index is 11.7. The number of hydrogen-bond acceptors (Lipinski definition) is 3. The number of urea groups is 1. The fourth-order valence-corrected chi connectivity index (χ4v) is 1.80. The summed E-state index contributed by atoms with van der Waals surface area (Å²) in [5.74, 6) is 2.53. The molecule has 0 unspecified atom stereocenters. The molecular weight excluding hydrogens is 268 g/mol. The Morgan fingerprint density at radius 3 is 2.76 bits per heavy atom. The van der Waals surface area contributed by atoms with Gasteiger partial charge in [0.05, 0.1) is 0 Å². The standard InChI is InChI=1S/C16H20N2O3/c1-3-4-5-6-9-17-16(21)18-14-7-8-15(20)13(11-14)10-12(2)19/h1,7-8,11,20H,4-6,9-10H2,2H3,(H2,17,18,21). The lowest BCUT2D eigenvalue weighted by Gasteiger charge is -2.09. The van der Waals surface area contributed by atoms with E-state index >= 15 is 0 Å². The summed E-state index contributed by atoms with van der Waals surface area (Å²) < 4.78 is 0. The summed E-state index contributed by atoms with van der Waals surface area (Å²) >= 11 is 0. The van der Waals surface area contributed by atoms with E-state index in [1.54, 1.807) is 12.1 Å². The molecule has 0 aromatic heterocycles. The van der Waals surface area contributed by atoms with Crippen molar-refractivity contribution in [2.24, 2.45) is 0 Å². The van der Waals surface area contributed by atoms with Gasteiger partial charge in [0.1, 0.15) is 11.5 Å². The van der Waals surface area contributed by atoms with Crippen LogP contribution in [0.2, 0.25) is 0 Å². The van der Waals surface area contributed by atoms with Crippen LogP contribution in [-0.4, -0.2) is 23.5 Å². The normalized spacial score (nSPS) is 9.71. The van der Waals surface area contributed by atoms with Gasteiger partial charge in [-0.25, -0.2) is 4.79 Å². The number of amides is 2. The third kappa shape index (κ3) is 6.48. The van der Waals surface area contributed by atoms with E-state index in [2.05, 4.69) is 16.6 Å². The molecule has 21 heavy (non-hydrogen) atoms. The summed E-state index contributed by atoms with van der Waals surface area (Å²) in [5.41, 5.74) is 1.03. The van der Waals surface area contributed by atoms with E-state index < -0.39 is 0 Å². The number of rotatable bonds is 7. The molecule has 0 spiro atoms. The molecule has 0 aliphatic heterocycles. The second-order valence-electron chi connectivity index (χ2n) is 4.76. The number of hydrogen-bond donors (Lipinski definition) is 3. The smallest absolute Gasteiger partial charge is 0.319 e. The molecule has 112 valence electrons. The predicted octanol–water partition coefficient (Wildman–Crippen LogP) is 2.45. The van der Waals surface area contributed by atoms with Crippen LogP contribution in [-0.2, 0) is 11.2 Å². The fourth-order valence-electron chi connectivity index (χ4n) is 1.80. The number of aromatic hydroxyl groups is 1. The molecule has 0 bridgehead atoms. The first-order valence-electron chi connectivity index (χ1n) is 6.82. The number of carbonyl (C=O) groups is 2. The first-order valence-corrected chi connectivity index (χ1v) is 6.82. The third-order valence-corrected chi connectivity index (χ3v) is 2.81. The van der Waals surface area contributed by atoms with Crippen molar-refractivity contribution in [1.82, 2.24) is 5.32 Å². The summed E-state index contributed by atoms with van der Waals surface area (Å²) in [7, 11) is 0. The Morgan fingerprint density at radius 2 is 2.10 bits per heavy atom. The summed E-state index contributed by atoms with van der Waals surface area (Å²) in [5, 5.41) is 15.0. The van der Waals surface area contributed by atoms with Crippen molar-refractivity contribution in [1.29, 1.82) is 0 Å². The zero-order valence-electron chi connectivity index (χ0n) is 12.1. The van der Waals surface area contributed by atoms with Crippen LogP contribution in [0.5, 0.6) is 5.75 Å². The molecule has 1 rings (SSSR count). The van der Waals surface area contributed by atoms with E-state index in [0.717, 1.165) is 12.8 Å². The number of benzene rings is 1. The van der Waals surface area contributed by atoms with Gasteiger partial charge in [0.25, 0.3) is 0 Å². The topological polar surface area (TPSA) is 78.4 Å². The zero-order valence-corrected chi connectivity index (χ0v) is 12.1. The van der Waals surface area contributed by atoms with E-state index in [0.29, 0.717) is 24.2 Å². The Kier molecular flexibility index (Phi) is 6.82. The van der Waals surface area contributed by atoms with Crippen LogP contribution in [0.4, 0.5) is 10.5 Å². The Labute approximate surface area is 124 Å². The number of anilines is 1. The summed E-state index contributed by atoms with van der Waals surface area (Å²) in [6.45, 7) is 1.99. The lowest BCUT2D eigenvalue weighted by Crippen LogP contribution is -2.29. The average Bonchev–Trinajstić information content (AvgIpc) is 2.42. The Bertz CT molecular complexity index is 547. The molecule has 1 aromatic carbocycles. The molecule has 0 saturated carbocycles. The van der Waals surface area contributed by atoms with Crippen LogP contribution < -0.4 is 10.6 Å². The van der Waals surface area contributed by atoms with Crippen LogP contribution in [0, 0.1) is 12.3 Å². The van der Waals surface area contributed by atoms with Crippen molar-refractivity contribution in [3.8, 4) is 18.1 Å². The molecule has 0 atom stereocenters. The summed E-state index contributed by atoms with van der Waals surface area (Å²) in [6.07, 6.45) is 7.67. The highest BCUT2D eigenvalue weighted by Gasteiger charge is 2.07. The molecule has 1 aromatic rings. The maximum atomic E-state index is 11.7. The number of unbranched alkanes of at least 4 members (excludes halogenated alkanes) is 2. The maximum Gasteiger partial charge on any atom is 0.319 e. The van der Waals surface area contributed by atoms with Gasteiger partial charge in [0.2, 0.25) is 0 Å². The van der Waals surface area contributed by atoms with Crippen LogP contribution in [0.15, 0.2) is 18.2 Å². The minimum absolute atomic E-state index is 0.0467. The van der Waals surface area contributed by atoms with E-state index in [-0.39, 0.29) is 24.0 Å². The molecule has 5 heteroatoms. The van der Waals surface area contributed by atoms with Crippen molar-refractivity contribution < 1.29 is 14.7 Å². The quantitative estimate of drug-likeness (QED) is 0.409. The van der Waals surface area contributed by atoms with Gasteiger partial charge in [-0.15, -0.1) is 12.3 Å². The molecule has 0 aliphatic carbocycles. The van der Waals surface area contributed by atoms with E-state index in [9.17, 15) is 14.7 Å². The predicted molar refractivity (Wildman–Crippen MR) is 82.2 cm³/mol. The van der Waals surface area contributed by atoms with Crippen molar-refractivity contribution >= 4 is 17.5 Å². The number of terminal acetylenes is 1. The van der Waals surface area contributed by atoms with E-state index in [1.807, 2.05) is 0 Å². The second-order valence-corrected chi connectivity index (χ2v) is 4.76. The Morgan fingerprint density at radius 1 is 1.33 bits per heavy atom. The van der Waals surface area contributed by atoms with Gasteiger partial charge in [-0.3, -0.25) is 4.79 Å². The molecular formula is C16H20N2O3. The van der Waals surface area contributed by atoms with Crippen LogP contribution in [0.3, 0.4) is 0 Å². The minimum atomic E-state index is -0.324. The number of phenolic OH excluding ortho intramolecular Hbond substituents is 1. The van der Waals surface area contributed by atoms with Crippen molar-refractivity contribution in [2.45, 2.75) is 32.6 Å². The van der Waals surface area contributed by atoms with Crippen LogP contribution in [0.1, 0.15) is 31.7 Å². The highest BCUT2D eigenvalue weighted by atomic mass is 16.3. The SMILES string of the molecule is C#CCCCCNC(=O)Nc1ccc(O)c(CC(C)=O)c1. The van der Waals surface area contributed by atoms with Crippen molar-refractivity contribution in [3.63, 3.8) is 0 Å². The largest absolute Gasteiger partial charge is 0.508 e. The van der Waals surface area contributed by atoms with Gasteiger partial charge >= 0.3 is 6.03 Å². The zero-order chi connectivity index (χ0) is 15.7. The van der Waals surface area contributed by atoms with Gasteiger partial charge in [0, 0.05) is 30.6 Å². The van der Waals surface area contributed by atoms with Gasteiger partial charge in [-0.05, 0) is 38.0 Å². The highest BCUT2D eigenvalue weighted by Crippen LogP contribution is 2.22. The second kappa shape index (κ2) is 8.64. The monoisotopic (exact) mass is 288 g/mol. The summed E-state index contributed by atoms with van der Waals surface area (Å²) in [6, 6.07) is 4.31. The van der Waals surface area contributed by atoms with Crippen LogP contribution >= 0.6 is 0 Å². The first-order chi connectivity index (χ1) is 10.0. The van der Waals surface area contributed by atoms with Crippen molar-refractivity contribution in [3.05, 3.63) is 23.8 Å². The first kappa shape index (κ1) is 16.6. The molecule has 3 N–H and O–H groups in total. The molecule has 2 amide bonds. The molecule has 0 fully saturated rings. The van der Waals surface area contributed by atoms with E-state index in [1.165, 1.54) is 13.0 Å². The van der Waals surface area contributed by atoms with Gasteiger partial charge < -0.3 is 15.7 Å². The van der Waals surface area contributed by atoms with Crippen LogP contribution in [0.25, 0.3) is 0 Å². The lowest BCUT2D eigenvalue weighted by atomic mass is 10.1. The number of nitrogens with one attached hydrogen (secondary N) is 2. The fraction of sp³-hybridized carbons (Fsp3) is 0.375. The van der Waals surface area contributed by atoms with E-state index in [4.69, 9.17) is 6.42 Å². The molecule has 5 nitrogen and oxygen atoms in total. The minimum Gasteiger partial charge on any atom is -0.508 e. The average molecular weight is 288 g/mol. The lowest BCUT2D eigenvalue weighted by molar-refractivity contribution is -0.116. The van der Waals surface area contributed by atoms with Gasteiger partial charge in [-0.2, -0.15) is 0 Å². The number of ketones is 1. The number of Topliss-reactive ketones (excluding diaryl/α,β-unsaturated/α-hetero) is 1. The molecule has 0 aliphatic rings. The Hall–Kier alpha value is -2.48. The highest BCUT2D eigenvalue weighted by molar-refractivity contribution is 5.89. The number of carbonyl (C=O) groups excluding carboxylic acids is 2. The Balaban J connectivity index is 2.49. The van der Waals surface area contributed by atoms with Gasteiger partial charge in [-0.1, -0.05) is 0 Å². The number of phenols is 1. The third-order valence-electron chi connectivity index (χ3n) is 2.81. The molecule has 0 saturated heterocycles. The summed E-state index contributed by atoms with van der Waals surface area (Å²) in [4.78, 5) is 22.8. The van der Waals surface area contributed by atoms with Crippen molar-refractivity contribution in [2.75, 3.05) is 11.9 Å². The molecule has 0 radical (unpaired) electrons.